The van der Waals surface area contributed by atoms with Crippen molar-refractivity contribution in [2.45, 2.75) is 25.4 Å². The minimum Gasteiger partial charge on any atom is -0.497 e. The van der Waals surface area contributed by atoms with E-state index >= 15 is 0 Å². The Bertz CT molecular complexity index is 999. The zero-order chi connectivity index (χ0) is 22.3. The number of likely N-dealkylation sites (tertiary alicyclic amines) is 1. The second-order valence-electron chi connectivity index (χ2n) is 7.93. The van der Waals surface area contributed by atoms with E-state index in [0.717, 1.165) is 55.4 Å². The SMILES string of the molecule is COc1ccc(C(=O)N(c2ccc(OC)cc2)C2CCN(Cc3ccccn3)CC2)cc1. The number of piperidine rings is 1. The monoisotopic (exact) mass is 431 g/mol. The minimum atomic E-state index is 0.000922. The van der Waals surface area contributed by atoms with Crippen LogP contribution in [0, 0.1) is 0 Å². The highest BCUT2D eigenvalue weighted by Gasteiger charge is 2.30. The normalized spacial score (nSPS) is 14.7. The lowest BCUT2D eigenvalue weighted by atomic mass is 10.0. The summed E-state index contributed by atoms with van der Waals surface area (Å²) in [6.45, 7) is 2.68. The maximum absolute atomic E-state index is 13.6. The van der Waals surface area contributed by atoms with E-state index in [1.807, 2.05) is 71.8 Å². The number of anilines is 1. The Morgan fingerprint density at radius 1 is 0.938 bits per heavy atom. The predicted octanol–water partition coefficient (Wildman–Crippen LogP) is 4.41. The lowest BCUT2D eigenvalue weighted by Crippen LogP contribution is -2.47. The van der Waals surface area contributed by atoms with Crippen molar-refractivity contribution >= 4 is 11.6 Å². The molecule has 0 N–H and O–H groups in total. The first-order chi connectivity index (χ1) is 15.7. The standard InChI is InChI=1S/C26H29N3O3/c1-31-24-10-6-20(7-11-24)26(30)29(22-8-12-25(32-2)13-9-22)23-14-17-28(18-15-23)19-21-5-3-4-16-27-21/h3-13,16,23H,14-15,17-19H2,1-2H3. The van der Waals surface area contributed by atoms with Crippen LogP contribution < -0.4 is 14.4 Å². The van der Waals surface area contributed by atoms with Gasteiger partial charge in [0.2, 0.25) is 0 Å². The second kappa shape index (κ2) is 10.3. The molecule has 2 aromatic carbocycles. The van der Waals surface area contributed by atoms with Gasteiger partial charge in [0, 0.05) is 43.1 Å². The van der Waals surface area contributed by atoms with Crippen molar-refractivity contribution in [2.24, 2.45) is 0 Å². The molecular weight excluding hydrogens is 402 g/mol. The van der Waals surface area contributed by atoms with Crippen LogP contribution in [-0.2, 0) is 6.54 Å². The number of carbonyl (C=O) groups is 1. The number of amides is 1. The van der Waals surface area contributed by atoms with Crippen LogP contribution in [0.2, 0.25) is 0 Å². The van der Waals surface area contributed by atoms with Gasteiger partial charge in [0.05, 0.1) is 19.9 Å². The third kappa shape index (κ3) is 5.08. The van der Waals surface area contributed by atoms with Gasteiger partial charge >= 0.3 is 0 Å². The minimum absolute atomic E-state index is 0.000922. The molecule has 0 aliphatic carbocycles. The van der Waals surface area contributed by atoms with Crippen LogP contribution in [0.15, 0.2) is 72.9 Å². The first-order valence-electron chi connectivity index (χ1n) is 10.9. The maximum Gasteiger partial charge on any atom is 0.258 e. The molecule has 1 aromatic heterocycles. The molecule has 3 aromatic rings. The average molecular weight is 432 g/mol. The highest BCUT2D eigenvalue weighted by molar-refractivity contribution is 6.06. The van der Waals surface area contributed by atoms with E-state index in [-0.39, 0.29) is 11.9 Å². The van der Waals surface area contributed by atoms with Gasteiger partial charge in [-0.3, -0.25) is 14.7 Å². The molecule has 0 bridgehead atoms. The van der Waals surface area contributed by atoms with E-state index < -0.39 is 0 Å². The summed E-state index contributed by atoms with van der Waals surface area (Å²) in [5.41, 5.74) is 2.61. The number of rotatable bonds is 7. The summed E-state index contributed by atoms with van der Waals surface area (Å²) < 4.78 is 10.6. The number of aromatic nitrogens is 1. The van der Waals surface area contributed by atoms with Crippen LogP contribution in [0.4, 0.5) is 5.69 Å². The summed E-state index contributed by atoms with van der Waals surface area (Å²) in [6, 6.07) is 21.2. The molecule has 32 heavy (non-hydrogen) atoms. The highest BCUT2D eigenvalue weighted by Crippen LogP contribution is 2.28. The van der Waals surface area contributed by atoms with Gasteiger partial charge in [-0.2, -0.15) is 0 Å². The number of benzene rings is 2. The van der Waals surface area contributed by atoms with Gasteiger partial charge in [-0.05, 0) is 73.5 Å². The number of methoxy groups -OCH3 is 2. The van der Waals surface area contributed by atoms with E-state index in [4.69, 9.17) is 9.47 Å². The van der Waals surface area contributed by atoms with E-state index in [0.29, 0.717) is 5.56 Å². The number of nitrogens with zero attached hydrogens (tertiary/aromatic N) is 3. The molecule has 166 valence electrons. The fourth-order valence-electron chi connectivity index (χ4n) is 4.17. The first kappa shape index (κ1) is 21.8. The Balaban J connectivity index is 1.53. The molecule has 1 saturated heterocycles. The van der Waals surface area contributed by atoms with E-state index in [1.54, 1.807) is 14.2 Å². The van der Waals surface area contributed by atoms with Crippen molar-refractivity contribution in [1.82, 2.24) is 9.88 Å². The molecule has 6 nitrogen and oxygen atoms in total. The van der Waals surface area contributed by atoms with E-state index in [1.165, 1.54) is 0 Å². The molecule has 1 aliphatic rings. The highest BCUT2D eigenvalue weighted by atomic mass is 16.5. The summed E-state index contributed by atoms with van der Waals surface area (Å²) in [6.07, 6.45) is 3.64. The zero-order valence-corrected chi connectivity index (χ0v) is 18.6. The summed E-state index contributed by atoms with van der Waals surface area (Å²) >= 11 is 0. The molecule has 0 radical (unpaired) electrons. The van der Waals surface area contributed by atoms with Crippen LogP contribution in [0.25, 0.3) is 0 Å². The van der Waals surface area contributed by atoms with Crippen molar-refractivity contribution < 1.29 is 14.3 Å². The Kier molecular flexibility index (Phi) is 7.02. The van der Waals surface area contributed by atoms with E-state index in [9.17, 15) is 4.79 Å². The molecule has 0 spiro atoms. The second-order valence-corrected chi connectivity index (χ2v) is 7.93. The zero-order valence-electron chi connectivity index (χ0n) is 18.6. The van der Waals surface area contributed by atoms with Gasteiger partial charge in [0.15, 0.2) is 0 Å². The molecule has 0 atom stereocenters. The Labute approximate surface area is 189 Å². The average Bonchev–Trinajstić information content (AvgIpc) is 2.86. The van der Waals surface area contributed by atoms with Gasteiger partial charge in [-0.1, -0.05) is 6.07 Å². The van der Waals surface area contributed by atoms with Crippen molar-refractivity contribution in [1.29, 1.82) is 0 Å². The third-order valence-corrected chi connectivity index (χ3v) is 5.94. The molecule has 6 heteroatoms. The number of hydrogen-bond acceptors (Lipinski definition) is 5. The van der Waals surface area contributed by atoms with Gasteiger partial charge < -0.3 is 14.4 Å². The smallest absolute Gasteiger partial charge is 0.258 e. The first-order valence-corrected chi connectivity index (χ1v) is 10.9. The molecule has 1 amide bonds. The molecule has 2 heterocycles. The third-order valence-electron chi connectivity index (χ3n) is 5.94. The summed E-state index contributed by atoms with van der Waals surface area (Å²) in [4.78, 5) is 22.4. The van der Waals surface area contributed by atoms with Crippen LogP contribution in [0.1, 0.15) is 28.9 Å². The Morgan fingerprint density at radius 3 is 2.12 bits per heavy atom. The summed E-state index contributed by atoms with van der Waals surface area (Å²) in [5.74, 6) is 1.51. The predicted molar refractivity (Wildman–Crippen MR) is 125 cm³/mol. The van der Waals surface area contributed by atoms with Crippen LogP contribution >= 0.6 is 0 Å². The van der Waals surface area contributed by atoms with Gasteiger partial charge in [0.1, 0.15) is 11.5 Å². The quantitative estimate of drug-likeness (QED) is 0.555. The summed E-state index contributed by atoms with van der Waals surface area (Å²) in [7, 11) is 3.27. The van der Waals surface area contributed by atoms with E-state index in [2.05, 4.69) is 16.0 Å². The molecule has 1 fully saturated rings. The topological polar surface area (TPSA) is 54.9 Å². The van der Waals surface area contributed by atoms with Crippen molar-refractivity contribution in [3.05, 3.63) is 84.2 Å². The van der Waals surface area contributed by atoms with Crippen molar-refractivity contribution in [2.75, 3.05) is 32.2 Å². The van der Waals surface area contributed by atoms with Gasteiger partial charge in [0.25, 0.3) is 5.91 Å². The molecule has 4 rings (SSSR count). The fraction of sp³-hybridized carbons (Fsp3) is 0.308. The molecule has 0 saturated carbocycles. The van der Waals surface area contributed by atoms with Gasteiger partial charge in [-0.25, -0.2) is 0 Å². The number of ether oxygens (including phenoxy) is 2. The number of carbonyl (C=O) groups excluding carboxylic acids is 1. The van der Waals surface area contributed by atoms with Crippen molar-refractivity contribution in [3.63, 3.8) is 0 Å². The lowest BCUT2D eigenvalue weighted by molar-refractivity contribution is 0.0958. The molecule has 0 unspecified atom stereocenters. The largest absolute Gasteiger partial charge is 0.497 e. The Hall–Kier alpha value is -3.38. The van der Waals surface area contributed by atoms with Crippen LogP contribution in [0.5, 0.6) is 11.5 Å². The molecular formula is C26H29N3O3. The molecule has 1 aliphatic heterocycles. The lowest BCUT2D eigenvalue weighted by Gasteiger charge is -2.38. The summed E-state index contributed by atoms with van der Waals surface area (Å²) in [5, 5.41) is 0. The number of pyridine rings is 1. The van der Waals surface area contributed by atoms with Crippen LogP contribution in [-0.4, -0.2) is 49.1 Å². The number of hydrogen-bond donors (Lipinski definition) is 0. The van der Waals surface area contributed by atoms with Gasteiger partial charge in [-0.15, -0.1) is 0 Å². The van der Waals surface area contributed by atoms with Crippen LogP contribution in [0.3, 0.4) is 0 Å². The van der Waals surface area contributed by atoms with Crippen molar-refractivity contribution in [3.8, 4) is 11.5 Å². The Morgan fingerprint density at radius 2 is 1.56 bits per heavy atom. The maximum atomic E-state index is 13.6. The fourth-order valence-corrected chi connectivity index (χ4v) is 4.17.